The fourth-order valence-electron chi connectivity index (χ4n) is 4.63. The fraction of sp³-hybridized carbons (Fsp3) is 0.333. The predicted molar refractivity (Wildman–Crippen MR) is 122 cm³/mol. The molecule has 3 N–H and O–H groups in total. The number of fused-ring (bicyclic) bond motifs is 2. The van der Waals surface area contributed by atoms with Crippen LogP contribution in [0.3, 0.4) is 0 Å². The first-order valence-electron chi connectivity index (χ1n) is 10.8. The van der Waals surface area contributed by atoms with Crippen LogP contribution in [0.15, 0.2) is 48.5 Å². The van der Waals surface area contributed by atoms with E-state index < -0.39 is 12.1 Å². The van der Waals surface area contributed by atoms with Crippen molar-refractivity contribution in [1.82, 2.24) is 19.0 Å². The van der Waals surface area contributed by atoms with Crippen LogP contribution in [0.25, 0.3) is 33.5 Å². The number of piperidine rings is 1. The highest BCUT2D eigenvalue weighted by molar-refractivity contribution is 5.98. The zero-order valence-corrected chi connectivity index (χ0v) is 17.8. The van der Waals surface area contributed by atoms with Crippen LogP contribution in [0.5, 0.6) is 0 Å². The zero-order chi connectivity index (χ0) is 21.7. The predicted octanol–water partition coefficient (Wildman–Crippen LogP) is 2.75. The molecular formula is C24H27N5O2. The molecule has 2 aromatic heterocycles. The molecule has 31 heavy (non-hydrogen) atoms. The molecule has 1 fully saturated rings. The summed E-state index contributed by atoms with van der Waals surface area (Å²) in [5.74, 6) is 0.805. The molecule has 1 aliphatic rings. The minimum Gasteiger partial charge on any atom is -0.391 e. The molecular weight excluding hydrogens is 390 g/mol. The Labute approximate surface area is 180 Å². The molecule has 2 atom stereocenters. The molecule has 2 aromatic carbocycles. The molecule has 1 amide bonds. The summed E-state index contributed by atoms with van der Waals surface area (Å²) in [7, 11) is 2.01. The largest absolute Gasteiger partial charge is 0.391 e. The molecule has 5 rings (SSSR count). The smallest absolute Gasteiger partial charge is 0.253 e. The Kier molecular flexibility index (Phi) is 4.79. The van der Waals surface area contributed by atoms with Crippen LogP contribution < -0.4 is 5.73 Å². The number of amides is 1. The topological polar surface area (TPSA) is 89.3 Å². The van der Waals surface area contributed by atoms with Crippen molar-refractivity contribution < 1.29 is 9.90 Å². The van der Waals surface area contributed by atoms with Crippen molar-refractivity contribution >= 4 is 27.8 Å². The summed E-state index contributed by atoms with van der Waals surface area (Å²) < 4.78 is 4.35. The van der Waals surface area contributed by atoms with Gasteiger partial charge in [-0.25, -0.2) is 4.98 Å². The van der Waals surface area contributed by atoms with E-state index in [2.05, 4.69) is 40.3 Å². The molecule has 160 valence electrons. The van der Waals surface area contributed by atoms with Gasteiger partial charge in [-0.05, 0) is 43.7 Å². The van der Waals surface area contributed by atoms with E-state index in [1.165, 1.54) is 10.9 Å². The molecule has 1 unspecified atom stereocenters. The Morgan fingerprint density at radius 1 is 1.19 bits per heavy atom. The van der Waals surface area contributed by atoms with Crippen LogP contribution in [0.4, 0.5) is 0 Å². The Morgan fingerprint density at radius 3 is 2.77 bits per heavy atom. The number of para-hydroxylation sites is 1. The summed E-state index contributed by atoms with van der Waals surface area (Å²) in [5.41, 5.74) is 10.6. The molecule has 0 radical (unpaired) electrons. The number of likely N-dealkylation sites (tertiary alicyclic amines) is 1. The van der Waals surface area contributed by atoms with Crippen LogP contribution in [0, 0.1) is 0 Å². The van der Waals surface area contributed by atoms with Crippen molar-refractivity contribution in [1.29, 1.82) is 0 Å². The van der Waals surface area contributed by atoms with Crippen molar-refractivity contribution in [3.8, 4) is 11.5 Å². The number of nitrogens with zero attached hydrogens (tertiary/aromatic N) is 4. The number of aliphatic hydroxyl groups is 1. The van der Waals surface area contributed by atoms with Crippen LogP contribution in [0.1, 0.15) is 23.7 Å². The highest BCUT2D eigenvalue weighted by Gasteiger charge is 2.28. The first kappa shape index (κ1) is 19.8. The maximum absolute atomic E-state index is 13.0. The number of nitrogens with two attached hydrogens (primary N) is 1. The Balaban J connectivity index is 1.54. The van der Waals surface area contributed by atoms with E-state index in [-0.39, 0.29) is 5.91 Å². The summed E-state index contributed by atoms with van der Waals surface area (Å²) in [6.07, 6.45) is -0.0417. The van der Waals surface area contributed by atoms with Crippen molar-refractivity contribution in [3.05, 3.63) is 54.1 Å². The van der Waals surface area contributed by atoms with E-state index in [9.17, 15) is 9.90 Å². The number of rotatable bonds is 3. The quantitative estimate of drug-likeness (QED) is 0.536. The van der Waals surface area contributed by atoms with E-state index in [1.807, 2.05) is 31.3 Å². The summed E-state index contributed by atoms with van der Waals surface area (Å²) in [4.78, 5) is 19.7. The summed E-state index contributed by atoms with van der Waals surface area (Å²) in [6.45, 7) is 3.85. The van der Waals surface area contributed by atoms with Gasteiger partial charge in [0.15, 0.2) is 5.82 Å². The molecule has 4 aromatic rings. The zero-order valence-electron chi connectivity index (χ0n) is 17.8. The first-order chi connectivity index (χ1) is 15.0. The third kappa shape index (κ3) is 3.21. The molecule has 3 heterocycles. The van der Waals surface area contributed by atoms with Gasteiger partial charge in [-0.2, -0.15) is 0 Å². The maximum Gasteiger partial charge on any atom is 0.253 e. The van der Waals surface area contributed by atoms with Gasteiger partial charge in [-0.15, -0.1) is 0 Å². The number of benzene rings is 2. The second-order valence-corrected chi connectivity index (χ2v) is 8.30. The molecule has 0 bridgehead atoms. The van der Waals surface area contributed by atoms with Gasteiger partial charge in [0, 0.05) is 49.2 Å². The van der Waals surface area contributed by atoms with Gasteiger partial charge in [0.25, 0.3) is 5.91 Å². The third-order valence-electron chi connectivity index (χ3n) is 6.39. The fourth-order valence-corrected chi connectivity index (χ4v) is 4.63. The van der Waals surface area contributed by atoms with E-state index in [4.69, 9.17) is 10.7 Å². The van der Waals surface area contributed by atoms with Crippen molar-refractivity contribution in [3.63, 3.8) is 0 Å². The van der Waals surface area contributed by atoms with Crippen LogP contribution in [-0.2, 0) is 13.6 Å². The first-order valence-corrected chi connectivity index (χ1v) is 10.8. The summed E-state index contributed by atoms with van der Waals surface area (Å²) in [6, 6.07) is 15.8. The number of hydrogen-bond donors (Lipinski definition) is 2. The van der Waals surface area contributed by atoms with E-state index in [1.54, 1.807) is 4.90 Å². The lowest BCUT2D eigenvalue weighted by Crippen LogP contribution is -2.53. The highest BCUT2D eigenvalue weighted by atomic mass is 16.3. The number of imidazole rings is 1. The molecule has 7 heteroatoms. The lowest BCUT2D eigenvalue weighted by atomic mass is 10.0. The van der Waals surface area contributed by atoms with Gasteiger partial charge in [-0.1, -0.05) is 18.2 Å². The number of aryl methyl sites for hydroxylation is 2. The second kappa shape index (κ2) is 7.51. The lowest BCUT2D eigenvalue weighted by Gasteiger charge is -2.34. The minimum atomic E-state index is -0.546. The lowest BCUT2D eigenvalue weighted by molar-refractivity contribution is 0.0459. The second-order valence-electron chi connectivity index (χ2n) is 8.30. The number of aliphatic hydroxyl groups excluding tert-OH is 1. The number of aromatic nitrogens is 3. The van der Waals surface area contributed by atoms with Crippen LogP contribution >= 0.6 is 0 Å². The van der Waals surface area contributed by atoms with E-state index in [0.717, 1.165) is 29.1 Å². The van der Waals surface area contributed by atoms with Crippen LogP contribution in [0.2, 0.25) is 0 Å². The third-order valence-corrected chi connectivity index (χ3v) is 6.39. The highest BCUT2D eigenvalue weighted by Crippen LogP contribution is 2.30. The Hall–Kier alpha value is -3.16. The molecule has 0 aliphatic carbocycles. The molecule has 0 spiro atoms. The van der Waals surface area contributed by atoms with Crippen molar-refractivity contribution in [2.75, 3.05) is 13.1 Å². The molecule has 7 nitrogen and oxygen atoms in total. The standard InChI is InChI=1S/C24H27N5O2/c1-3-29-19-7-5-4-6-15(19)13-21(29)23-26-18-12-16(8-9-20(18)27(23)2)24(31)28-11-10-22(30)17(25)14-28/h4-9,12-13,17,22,30H,3,10-11,14,25H2,1-2H3/t17?,22-/m1/s1. The van der Waals surface area contributed by atoms with Gasteiger partial charge >= 0.3 is 0 Å². The Bertz CT molecular complexity index is 1290. The SMILES string of the molecule is CCn1c(-c2nc3cc(C(=O)N4CC[C@@H](O)C(N)C4)ccc3n2C)cc2ccccc21. The average molecular weight is 418 g/mol. The van der Waals surface area contributed by atoms with Crippen molar-refractivity contribution in [2.24, 2.45) is 12.8 Å². The summed E-state index contributed by atoms with van der Waals surface area (Å²) in [5, 5.41) is 11.0. The Morgan fingerprint density at radius 2 is 2.00 bits per heavy atom. The van der Waals surface area contributed by atoms with Crippen LogP contribution in [-0.4, -0.2) is 55.3 Å². The van der Waals surface area contributed by atoms with Gasteiger partial charge in [-0.3, -0.25) is 4.79 Å². The summed E-state index contributed by atoms with van der Waals surface area (Å²) >= 11 is 0. The van der Waals surface area contributed by atoms with Gasteiger partial charge < -0.3 is 24.9 Å². The van der Waals surface area contributed by atoms with Gasteiger partial charge in [0.1, 0.15) is 0 Å². The number of hydrogen-bond acceptors (Lipinski definition) is 4. The average Bonchev–Trinajstić information content (AvgIpc) is 3.32. The van der Waals surface area contributed by atoms with E-state index >= 15 is 0 Å². The molecule has 0 saturated carbocycles. The number of carbonyl (C=O) groups is 1. The monoisotopic (exact) mass is 417 g/mol. The molecule has 1 saturated heterocycles. The minimum absolute atomic E-state index is 0.0703. The van der Waals surface area contributed by atoms with E-state index in [0.29, 0.717) is 25.1 Å². The normalized spacial score (nSPS) is 19.4. The van der Waals surface area contributed by atoms with Crippen molar-refractivity contribution in [2.45, 2.75) is 32.0 Å². The van der Waals surface area contributed by atoms with Gasteiger partial charge in [0.2, 0.25) is 0 Å². The molecule has 1 aliphatic heterocycles. The maximum atomic E-state index is 13.0. The van der Waals surface area contributed by atoms with Gasteiger partial charge in [0.05, 0.1) is 22.8 Å². The number of carbonyl (C=O) groups excluding carboxylic acids is 1.